The van der Waals surface area contributed by atoms with Crippen molar-refractivity contribution < 1.29 is 18.7 Å². The van der Waals surface area contributed by atoms with Crippen LogP contribution in [0.25, 0.3) is 11.3 Å². The molecular weight excluding hydrogens is 242 g/mol. The summed E-state index contributed by atoms with van der Waals surface area (Å²) in [5.74, 6) is -2.48. The third kappa shape index (κ3) is 2.85. The molecule has 0 radical (unpaired) electrons. The van der Waals surface area contributed by atoms with Crippen molar-refractivity contribution in [2.45, 2.75) is 6.42 Å². The number of halogens is 2. The number of benzene rings is 1. The lowest BCUT2D eigenvalue weighted by molar-refractivity contribution is -0.136. The van der Waals surface area contributed by atoms with Gasteiger partial charge in [0.25, 0.3) is 0 Å². The largest absolute Gasteiger partial charge is 0.481 e. The maximum atomic E-state index is 13.0. The fourth-order valence-corrected chi connectivity index (χ4v) is 1.51. The van der Waals surface area contributed by atoms with Gasteiger partial charge < -0.3 is 5.11 Å². The first-order chi connectivity index (χ1) is 8.54. The molecule has 0 spiro atoms. The molecule has 6 heteroatoms. The van der Waals surface area contributed by atoms with E-state index in [1.807, 2.05) is 0 Å². The Labute approximate surface area is 101 Å². The van der Waals surface area contributed by atoms with Crippen LogP contribution in [0.15, 0.2) is 30.6 Å². The van der Waals surface area contributed by atoms with E-state index in [0.717, 1.165) is 24.5 Å². The van der Waals surface area contributed by atoms with Crippen LogP contribution in [0.1, 0.15) is 5.69 Å². The Hall–Kier alpha value is -2.37. The molecule has 92 valence electrons. The molecule has 0 atom stereocenters. The van der Waals surface area contributed by atoms with Gasteiger partial charge in [-0.3, -0.25) is 4.79 Å². The molecular formula is C12H8F2N2O2. The quantitative estimate of drug-likeness (QED) is 0.905. The van der Waals surface area contributed by atoms with Crippen molar-refractivity contribution in [2.75, 3.05) is 0 Å². The highest BCUT2D eigenvalue weighted by molar-refractivity contribution is 5.70. The second-order valence-electron chi connectivity index (χ2n) is 3.62. The van der Waals surface area contributed by atoms with E-state index >= 15 is 0 Å². The minimum Gasteiger partial charge on any atom is -0.481 e. The Morgan fingerprint density at radius 2 is 1.78 bits per heavy atom. The predicted molar refractivity (Wildman–Crippen MR) is 58.7 cm³/mol. The average molecular weight is 250 g/mol. The lowest BCUT2D eigenvalue weighted by atomic mass is 10.1. The highest BCUT2D eigenvalue weighted by Crippen LogP contribution is 2.19. The van der Waals surface area contributed by atoms with Crippen LogP contribution in [0, 0.1) is 11.6 Å². The first kappa shape index (κ1) is 12.1. The van der Waals surface area contributed by atoms with E-state index < -0.39 is 17.6 Å². The Morgan fingerprint density at radius 3 is 2.39 bits per heavy atom. The molecule has 0 fully saturated rings. The number of carboxylic acids is 1. The van der Waals surface area contributed by atoms with E-state index in [1.165, 1.54) is 6.07 Å². The van der Waals surface area contributed by atoms with Crippen LogP contribution < -0.4 is 0 Å². The topological polar surface area (TPSA) is 63.1 Å². The van der Waals surface area contributed by atoms with Gasteiger partial charge in [-0.2, -0.15) is 0 Å². The molecule has 1 aromatic carbocycles. The van der Waals surface area contributed by atoms with Crippen molar-refractivity contribution in [3.05, 3.63) is 47.9 Å². The van der Waals surface area contributed by atoms with Crippen LogP contribution in [-0.2, 0) is 11.2 Å². The van der Waals surface area contributed by atoms with E-state index in [-0.39, 0.29) is 23.4 Å². The van der Waals surface area contributed by atoms with Gasteiger partial charge in [-0.05, 0) is 18.2 Å². The fourth-order valence-electron chi connectivity index (χ4n) is 1.51. The van der Waals surface area contributed by atoms with Gasteiger partial charge in [-0.15, -0.1) is 0 Å². The first-order valence-electron chi connectivity index (χ1n) is 5.04. The summed E-state index contributed by atoms with van der Waals surface area (Å²) in [4.78, 5) is 18.2. The fraction of sp³-hybridized carbons (Fsp3) is 0.0833. The smallest absolute Gasteiger partial charge is 0.309 e. The van der Waals surface area contributed by atoms with E-state index in [9.17, 15) is 13.6 Å². The lowest BCUT2D eigenvalue weighted by Gasteiger charge is -2.03. The van der Waals surface area contributed by atoms with Crippen molar-refractivity contribution in [3.63, 3.8) is 0 Å². The number of hydrogen-bond acceptors (Lipinski definition) is 3. The van der Waals surface area contributed by atoms with Crippen LogP contribution in [0.2, 0.25) is 0 Å². The molecule has 4 nitrogen and oxygen atoms in total. The Morgan fingerprint density at radius 1 is 1.11 bits per heavy atom. The van der Waals surface area contributed by atoms with Gasteiger partial charge in [0, 0.05) is 11.6 Å². The molecule has 2 rings (SSSR count). The maximum absolute atomic E-state index is 13.0. The number of hydrogen-bond donors (Lipinski definition) is 1. The predicted octanol–water partition coefficient (Wildman–Crippen LogP) is 2.05. The van der Waals surface area contributed by atoms with Gasteiger partial charge in [0.15, 0.2) is 0 Å². The Balaban J connectivity index is 2.41. The molecule has 0 bridgehead atoms. The van der Waals surface area contributed by atoms with E-state index in [0.29, 0.717) is 0 Å². The number of nitrogens with zero attached hydrogens (tertiary/aromatic N) is 2. The van der Waals surface area contributed by atoms with Crippen molar-refractivity contribution >= 4 is 5.97 Å². The molecule has 0 unspecified atom stereocenters. The average Bonchev–Trinajstić information content (AvgIpc) is 2.27. The van der Waals surface area contributed by atoms with Crippen molar-refractivity contribution in [1.29, 1.82) is 0 Å². The summed E-state index contributed by atoms with van der Waals surface area (Å²) in [6.45, 7) is 0. The molecule has 1 aromatic heterocycles. The molecule has 1 heterocycles. The zero-order chi connectivity index (χ0) is 13.1. The molecule has 0 amide bonds. The number of rotatable bonds is 3. The highest BCUT2D eigenvalue weighted by Gasteiger charge is 2.08. The minimum absolute atomic E-state index is 0.238. The Bertz CT molecular complexity index is 582. The van der Waals surface area contributed by atoms with E-state index in [1.54, 1.807) is 0 Å². The molecule has 0 aliphatic carbocycles. The monoisotopic (exact) mass is 250 g/mol. The van der Waals surface area contributed by atoms with E-state index in [4.69, 9.17) is 5.11 Å². The van der Waals surface area contributed by atoms with Crippen LogP contribution >= 0.6 is 0 Å². The van der Waals surface area contributed by atoms with Gasteiger partial charge in [0.1, 0.15) is 18.0 Å². The van der Waals surface area contributed by atoms with Gasteiger partial charge in [0.05, 0.1) is 17.8 Å². The molecule has 18 heavy (non-hydrogen) atoms. The molecule has 0 aliphatic heterocycles. The lowest BCUT2D eigenvalue weighted by Crippen LogP contribution is -2.03. The third-order valence-corrected chi connectivity index (χ3v) is 2.21. The zero-order valence-electron chi connectivity index (χ0n) is 9.10. The molecule has 0 aliphatic rings. The van der Waals surface area contributed by atoms with Gasteiger partial charge in [-0.25, -0.2) is 18.7 Å². The van der Waals surface area contributed by atoms with E-state index in [2.05, 4.69) is 9.97 Å². The zero-order valence-corrected chi connectivity index (χ0v) is 9.10. The second kappa shape index (κ2) is 4.87. The van der Waals surface area contributed by atoms with Crippen molar-refractivity contribution in [3.8, 4) is 11.3 Å². The second-order valence-corrected chi connectivity index (χ2v) is 3.62. The number of carbonyl (C=O) groups is 1. The molecule has 1 N–H and O–H groups in total. The minimum atomic E-state index is -1.04. The summed E-state index contributed by atoms with van der Waals surface area (Å²) in [6, 6.07) is 4.39. The standard InChI is InChI=1S/C12H8F2N2O2/c13-8-1-7(2-9(14)3-8)11-4-10(5-12(17)18)15-6-16-11/h1-4,6H,5H2,(H,17,18). The summed E-state index contributed by atoms with van der Waals surface area (Å²) >= 11 is 0. The highest BCUT2D eigenvalue weighted by atomic mass is 19.1. The van der Waals surface area contributed by atoms with Gasteiger partial charge in [-0.1, -0.05) is 0 Å². The summed E-state index contributed by atoms with van der Waals surface area (Å²) in [5, 5.41) is 8.64. The van der Waals surface area contributed by atoms with Crippen LogP contribution in [-0.4, -0.2) is 21.0 Å². The molecule has 0 saturated carbocycles. The van der Waals surface area contributed by atoms with Gasteiger partial charge >= 0.3 is 5.97 Å². The molecule has 0 saturated heterocycles. The number of carboxylic acid groups (broad SMARTS) is 1. The number of aromatic nitrogens is 2. The summed E-state index contributed by atoms with van der Waals surface area (Å²) < 4.78 is 26.1. The van der Waals surface area contributed by atoms with Crippen LogP contribution in [0.3, 0.4) is 0 Å². The van der Waals surface area contributed by atoms with Gasteiger partial charge in [0.2, 0.25) is 0 Å². The van der Waals surface area contributed by atoms with Crippen LogP contribution in [0.4, 0.5) is 8.78 Å². The maximum Gasteiger partial charge on any atom is 0.309 e. The molecule has 2 aromatic rings. The first-order valence-corrected chi connectivity index (χ1v) is 5.04. The van der Waals surface area contributed by atoms with Crippen LogP contribution in [0.5, 0.6) is 0 Å². The third-order valence-electron chi connectivity index (χ3n) is 2.21. The normalized spacial score (nSPS) is 10.3. The van der Waals surface area contributed by atoms with Crippen molar-refractivity contribution in [2.24, 2.45) is 0 Å². The summed E-state index contributed by atoms with van der Waals surface area (Å²) in [7, 11) is 0. The Kier molecular flexibility index (Phi) is 3.27. The summed E-state index contributed by atoms with van der Waals surface area (Å²) in [5.41, 5.74) is 0.790. The SMILES string of the molecule is O=C(O)Cc1cc(-c2cc(F)cc(F)c2)ncn1. The van der Waals surface area contributed by atoms with Crippen molar-refractivity contribution in [1.82, 2.24) is 9.97 Å². The summed E-state index contributed by atoms with van der Waals surface area (Å²) in [6.07, 6.45) is 0.893. The number of aliphatic carboxylic acids is 1.